The first-order chi connectivity index (χ1) is 17.2. The third-order valence-electron chi connectivity index (χ3n) is 4.60. The van der Waals surface area contributed by atoms with Gasteiger partial charge in [-0.05, 0) is 101 Å². The van der Waals surface area contributed by atoms with E-state index in [9.17, 15) is 9.59 Å². The summed E-state index contributed by atoms with van der Waals surface area (Å²) in [5.74, 6) is 0.214. The van der Waals surface area contributed by atoms with Gasteiger partial charge in [-0.3, -0.25) is 9.59 Å². The molecule has 216 valence electrons. The van der Waals surface area contributed by atoms with Crippen LogP contribution in [0.25, 0.3) is 0 Å². The van der Waals surface area contributed by atoms with E-state index in [4.69, 9.17) is 21.3 Å². The number of ketones is 1. The van der Waals surface area contributed by atoms with Gasteiger partial charge in [0.2, 0.25) is 0 Å². The van der Waals surface area contributed by atoms with Crippen molar-refractivity contribution in [3.05, 3.63) is 58.7 Å². The molecule has 0 aromatic heterocycles. The minimum Gasteiger partial charge on any atom is -0.399 e. The van der Waals surface area contributed by atoms with E-state index in [1.807, 2.05) is 61.5 Å². The number of Topliss-reactive ketones (excluding diaryl/α,β-unsaturated/α-hetero) is 1. The monoisotopic (exact) mass is 530 g/mol. The molecule has 0 spiro atoms. The zero-order valence-corrected chi connectivity index (χ0v) is 25.9. The molecule has 1 unspecified atom stereocenters. The molecule has 0 saturated heterocycles. The largest absolute Gasteiger partial charge is 0.399 e. The number of aliphatic hydroxyl groups is 1. The van der Waals surface area contributed by atoms with Gasteiger partial charge in [0.25, 0.3) is 0 Å². The zero-order valence-electron chi connectivity index (χ0n) is 25.9. The fourth-order valence-electron chi connectivity index (χ4n) is 2.78. The van der Waals surface area contributed by atoms with Gasteiger partial charge in [-0.25, -0.2) is 0 Å². The van der Waals surface area contributed by atoms with Gasteiger partial charge >= 0.3 is 0 Å². The molecule has 0 aliphatic rings. The van der Waals surface area contributed by atoms with Crippen molar-refractivity contribution < 1.29 is 19.4 Å². The summed E-state index contributed by atoms with van der Waals surface area (Å²) in [6, 6.07) is 10.6. The summed E-state index contributed by atoms with van der Waals surface area (Å²) in [6.45, 7) is 24.6. The normalized spacial score (nSPS) is 11.6. The number of hydrogen-bond acceptors (Lipinski definition) is 6. The maximum Gasteiger partial charge on any atom is 0.165 e. The average Bonchev–Trinajstić information content (AvgIpc) is 2.75. The molecule has 6 nitrogen and oxygen atoms in total. The van der Waals surface area contributed by atoms with Gasteiger partial charge in [-0.15, -0.1) is 0 Å². The first-order valence-electron chi connectivity index (χ1n) is 13.2. The van der Waals surface area contributed by atoms with Crippen molar-refractivity contribution in [3.8, 4) is 0 Å². The number of aldehydes is 1. The topological polar surface area (TPSA) is 116 Å². The summed E-state index contributed by atoms with van der Waals surface area (Å²) in [5, 5.41) is 8.55. The second kappa shape index (κ2) is 17.7. The minimum atomic E-state index is -0.0887. The summed E-state index contributed by atoms with van der Waals surface area (Å²) in [4.78, 5) is 21.8. The van der Waals surface area contributed by atoms with Crippen molar-refractivity contribution in [1.82, 2.24) is 0 Å². The fourth-order valence-corrected chi connectivity index (χ4v) is 2.78. The summed E-state index contributed by atoms with van der Waals surface area (Å²) < 4.78 is 5.52. The number of aryl methyl sites for hydroxylation is 2. The van der Waals surface area contributed by atoms with Crippen LogP contribution in [0.5, 0.6) is 0 Å². The van der Waals surface area contributed by atoms with E-state index in [2.05, 4.69) is 27.7 Å². The Morgan fingerprint density at radius 3 is 1.68 bits per heavy atom. The van der Waals surface area contributed by atoms with Crippen LogP contribution < -0.4 is 11.5 Å². The lowest BCUT2D eigenvalue weighted by atomic mass is 9.99. The van der Waals surface area contributed by atoms with Crippen LogP contribution >= 0.6 is 0 Å². The highest BCUT2D eigenvalue weighted by molar-refractivity contribution is 5.97. The molecule has 2 aromatic carbocycles. The first kappa shape index (κ1) is 37.5. The second-order valence-electron chi connectivity index (χ2n) is 12.4. The molecule has 0 aliphatic heterocycles. The summed E-state index contributed by atoms with van der Waals surface area (Å²) in [5.41, 5.74) is 16.4. The summed E-state index contributed by atoms with van der Waals surface area (Å²) in [6.07, 6.45) is 1.69. The van der Waals surface area contributed by atoms with E-state index in [0.717, 1.165) is 40.8 Å². The van der Waals surface area contributed by atoms with Gasteiger partial charge in [-0.1, -0.05) is 41.5 Å². The van der Waals surface area contributed by atoms with Crippen LogP contribution in [0.4, 0.5) is 11.4 Å². The molecule has 2 aromatic rings. The Balaban J connectivity index is 0. The van der Waals surface area contributed by atoms with E-state index >= 15 is 0 Å². The number of nitrogen functional groups attached to an aromatic ring is 2. The van der Waals surface area contributed by atoms with E-state index in [0.29, 0.717) is 11.0 Å². The predicted octanol–water partition coefficient (Wildman–Crippen LogP) is 7.43. The first-order valence-corrected chi connectivity index (χ1v) is 13.2. The average molecular weight is 531 g/mol. The Bertz CT molecular complexity index is 964. The Hall–Kier alpha value is -2.70. The van der Waals surface area contributed by atoms with Crippen molar-refractivity contribution in [3.63, 3.8) is 0 Å². The summed E-state index contributed by atoms with van der Waals surface area (Å²) in [7, 11) is 0. The van der Waals surface area contributed by atoms with Crippen LogP contribution in [-0.4, -0.2) is 35.5 Å². The molecule has 0 aliphatic carbocycles. The van der Waals surface area contributed by atoms with Crippen LogP contribution in [0.3, 0.4) is 0 Å². The number of anilines is 2. The van der Waals surface area contributed by atoms with E-state index in [1.54, 1.807) is 30.3 Å². The third-order valence-corrected chi connectivity index (χ3v) is 4.60. The fraction of sp³-hybridized carbons (Fsp3) is 0.562. The van der Waals surface area contributed by atoms with Crippen molar-refractivity contribution in [2.24, 2.45) is 11.3 Å². The number of rotatable bonds is 6. The van der Waals surface area contributed by atoms with Gasteiger partial charge in [0.05, 0.1) is 11.7 Å². The minimum absolute atomic E-state index is 0.0445. The van der Waals surface area contributed by atoms with E-state index in [1.165, 1.54) is 0 Å². The van der Waals surface area contributed by atoms with Crippen LogP contribution in [-0.2, 0) is 4.74 Å². The maximum absolute atomic E-state index is 11.6. The Labute approximate surface area is 232 Å². The second-order valence-corrected chi connectivity index (χ2v) is 12.4. The molecule has 5 N–H and O–H groups in total. The highest BCUT2D eigenvalue weighted by Gasteiger charge is 2.14. The predicted molar refractivity (Wildman–Crippen MR) is 163 cm³/mol. The molecular formula is C32H54N2O4. The van der Waals surface area contributed by atoms with Crippen molar-refractivity contribution in [2.45, 2.75) is 101 Å². The Kier molecular flexibility index (Phi) is 17.5. The lowest BCUT2D eigenvalue weighted by molar-refractivity contribution is -0.0587. The molecule has 2 rings (SSSR count). The molecule has 38 heavy (non-hydrogen) atoms. The van der Waals surface area contributed by atoms with Crippen LogP contribution in [0.15, 0.2) is 36.4 Å². The van der Waals surface area contributed by atoms with Crippen LogP contribution in [0.2, 0.25) is 0 Å². The molecule has 0 fully saturated rings. The molecule has 0 radical (unpaired) electrons. The maximum atomic E-state index is 11.6. The molecule has 1 atom stereocenters. The lowest BCUT2D eigenvalue weighted by Crippen LogP contribution is -2.25. The number of carbonyl (C=O) groups is 2. The molecule has 0 heterocycles. The SMILES string of the molecule is CC(C)(C)C.CC(CCO)OC(C)(C)C.Cc1cc(C(=O)C(C)C)ccc1N.Cc1cc(C=O)ccc1N. The lowest BCUT2D eigenvalue weighted by Gasteiger charge is -2.24. The van der Waals surface area contributed by atoms with E-state index in [-0.39, 0.29) is 30.0 Å². The summed E-state index contributed by atoms with van der Waals surface area (Å²) >= 11 is 0. The van der Waals surface area contributed by atoms with Crippen LogP contribution in [0, 0.1) is 25.2 Å². The van der Waals surface area contributed by atoms with Crippen molar-refractivity contribution >= 4 is 23.4 Å². The third kappa shape index (κ3) is 20.4. The van der Waals surface area contributed by atoms with Gasteiger partial charge in [0.1, 0.15) is 6.29 Å². The molecule has 0 saturated carbocycles. The quantitative estimate of drug-likeness (QED) is 0.203. The van der Waals surface area contributed by atoms with Crippen molar-refractivity contribution in [2.75, 3.05) is 18.1 Å². The number of aliphatic hydroxyl groups excluding tert-OH is 1. The molecule has 6 heteroatoms. The Morgan fingerprint density at radius 2 is 1.34 bits per heavy atom. The highest BCUT2D eigenvalue weighted by atomic mass is 16.5. The number of benzene rings is 2. The number of carbonyl (C=O) groups excluding carboxylic acids is 2. The standard InChI is InChI=1S/C11H15NO.C8H9NO.C8H18O2.C5H12/c1-7(2)11(13)9-4-5-10(12)8(3)6-9;1-6-4-7(5-10)2-3-8(6)9;1-7(5-6-9)10-8(2,3)4;1-5(2,3)4/h4-7H,12H2,1-3H3;2-5H,9H2,1H3;7,9H,5-6H2,1-4H3;1-4H3. The van der Waals surface area contributed by atoms with Gasteiger partial charge in [0, 0.05) is 35.0 Å². The molecular weight excluding hydrogens is 476 g/mol. The van der Waals surface area contributed by atoms with Gasteiger partial charge < -0.3 is 21.3 Å². The zero-order chi connectivity index (χ0) is 30.3. The number of nitrogens with two attached hydrogens (primary N) is 2. The molecule has 0 amide bonds. The Morgan fingerprint density at radius 1 is 0.895 bits per heavy atom. The van der Waals surface area contributed by atoms with Crippen molar-refractivity contribution in [1.29, 1.82) is 0 Å². The highest BCUT2D eigenvalue weighted by Crippen LogP contribution is 2.16. The molecule has 0 bridgehead atoms. The smallest absolute Gasteiger partial charge is 0.165 e. The van der Waals surface area contributed by atoms with Gasteiger partial charge in [-0.2, -0.15) is 0 Å². The van der Waals surface area contributed by atoms with Crippen LogP contribution in [0.1, 0.15) is 108 Å². The number of ether oxygens (including phenoxy) is 1. The van der Waals surface area contributed by atoms with E-state index < -0.39 is 0 Å². The van der Waals surface area contributed by atoms with Gasteiger partial charge in [0.15, 0.2) is 5.78 Å². The number of hydrogen-bond donors (Lipinski definition) is 3.